The van der Waals surface area contributed by atoms with E-state index >= 15 is 0 Å². The molecule has 0 radical (unpaired) electrons. The zero-order valence-electron chi connectivity index (χ0n) is 13.8. The molecule has 7 nitrogen and oxygen atoms in total. The molecule has 23 heavy (non-hydrogen) atoms. The van der Waals surface area contributed by atoms with Gasteiger partial charge in [0.1, 0.15) is 17.5 Å². The maximum atomic E-state index is 12.3. The summed E-state index contributed by atoms with van der Waals surface area (Å²) in [5.74, 6) is -1.29. The van der Waals surface area contributed by atoms with Crippen LogP contribution in [0.25, 0.3) is 0 Å². The lowest BCUT2D eigenvalue weighted by Crippen LogP contribution is -2.68. The van der Waals surface area contributed by atoms with Crippen LogP contribution in [0.2, 0.25) is 0 Å². The molecular weight excluding hydrogens is 344 g/mol. The van der Waals surface area contributed by atoms with Crippen LogP contribution in [0.4, 0.5) is 0 Å². The number of carbonyl (C=O) groups is 3. The molecule has 132 valence electrons. The molecule has 0 aromatic carbocycles. The monoisotopic (exact) mass is 366 g/mol. The molecule has 0 aromatic rings. The third-order valence-corrected chi connectivity index (χ3v) is 5.30. The molecule has 2 fully saturated rings. The molecule has 2 N–H and O–H groups in total. The Labute approximate surface area is 146 Å². The van der Waals surface area contributed by atoms with Crippen LogP contribution in [0, 0.1) is 5.41 Å². The Balaban J connectivity index is 0.00000264. The number of esters is 2. The van der Waals surface area contributed by atoms with Crippen molar-refractivity contribution in [2.24, 2.45) is 11.1 Å². The second-order valence-electron chi connectivity index (χ2n) is 7.05. The molecule has 0 unspecified atom stereocenters. The van der Waals surface area contributed by atoms with Crippen LogP contribution in [-0.2, 0) is 23.9 Å². The van der Waals surface area contributed by atoms with Crippen molar-refractivity contribution in [3.63, 3.8) is 0 Å². The Morgan fingerprint density at radius 2 is 1.87 bits per heavy atom. The predicted molar refractivity (Wildman–Crippen MR) is 87.8 cm³/mol. The van der Waals surface area contributed by atoms with Gasteiger partial charge in [-0.1, -0.05) is 0 Å². The van der Waals surface area contributed by atoms with Crippen LogP contribution < -0.4 is 5.73 Å². The van der Waals surface area contributed by atoms with Gasteiger partial charge in [-0.15, -0.1) is 24.2 Å². The van der Waals surface area contributed by atoms with Gasteiger partial charge in [-0.3, -0.25) is 9.59 Å². The fraction of sp³-hybridized carbons (Fsp3) is 0.786. The van der Waals surface area contributed by atoms with E-state index in [1.165, 1.54) is 16.7 Å². The molecule has 0 spiro atoms. The molecule has 2 heterocycles. The van der Waals surface area contributed by atoms with Crippen molar-refractivity contribution in [2.45, 2.75) is 56.8 Å². The van der Waals surface area contributed by atoms with Crippen LogP contribution in [0.15, 0.2) is 0 Å². The number of β-lactam (4-membered cyclic amide) rings is 1. The summed E-state index contributed by atoms with van der Waals surface area (Å²) >= 11 is 1.48. The van der Waals surface area contributed by atoms with Gasteiger partial charge in [-0.05, 0) is 34.6 Å². The summed E-state index contributed by atoms with van der Waals surface area (Å²) in [6.07, 6.45) is 0. The molecule has 0 aromatic heterocycles. The predicted octanol–water partition coefficient (Wildman–Crippen LogP) is 0.888. The van der Waals surface area contributed by atoms with E-state index in [0.29, 0.717) is 0 Å². The minimum absolute atomic E-state index is 0. The van der Waals surface area contributed by atoms with Gasteiger partial charge in [-0.25, -0.2) is 4.79 Å². The SMILES string of the molecule is CC(C)(C)C(=O)OCOC(=O)[C@@H]1N2C(=O)[C@@H](N)[C@H]2SC1(C)C.Cl. The van der Waals surface area contributed by atoms with E-state index in [1.807, 2.05) is 13.8 Å². The highest BCUT2D eigenvalue weighted by Gasteiger charge is 2.63. The number of carbonyl (C=O) groups excluding carboxylic acids is 3. The van der Waals surface area contributed by atoms with Gasteiger partial charge in [0.25, 0.3) is 0 Å². The van der Waals surface area contributed by atoms with E-state index in [9.17, 15) is 14.4 Å². The van der Waals surface area contributed by atoms with Gasteiger partial charge in [-0.2, -0.15) is 0 Å². The van der Waals surface area contributed by atoms with Crippen molar-refractivity contribution in [3.05, 3.63) is 0 Å². The Kier molecular flexibility index (Phi) is 5.66. The lowest BCUT2D eigenvalue weighted by atomic mass is 9.96. The average molecular weight is 367 g/mol. The minimum Gasteiger partial charge on any atom is -0.427 e. The van der Waals surface area contributed by atoms with Crippen molar-refractivity contribution in [3.8, 4) is 0 Å². The summed E-state index contributed by atoms with van der Waals surface area (Å²) < 4.78 is 9.45. The maximum Gasteiger partial charge on any atom is 0.333 e. The highest BCUT2D eigenvalue weighted by atomic mass is 35.5. The van der Waals surface area contributed by atoms with Crippen LogP contribution in [-0.4, -0.2) is 51.7 Å². The number of nitrogens with two attached hydrogens (primary N) is 1. The summed E-state index contributed by atoms with van der Waals surface area (Å²) in [5, 5.41) is -0.197. The number of ether oxygens (including phenoxy) is 2. The minimum atomic E-state index is -0.719. The summed E-state index contributed by atoms with van der Waals surface area (Å²) in [5.41, 5.74) is 5.08. The average Bonchev–Trinajstić information content (AvgIpc) is 2.65. The molecule has 9 heteroatoms. The van der Waals surface area contributed by atoms with E-state index in [4.69, 9.17) is 15.2 Å². The maximum absolute atomic E-state index is 12.3. The molecule has 2 rings (SSSR count). The highest BCUT2D eigenvalue weighted by Crippen LogP contribution is 2.50. The zero-order valence-corrected chi connectivity index (χ0v) is 15.5. The Morgan fingerprint density at radius 1 is 1.30 bits per heavy atom. The molecule has 0 saturated carbocycles. The van der Waals surface area contributed by atoms with E-state index in [2.05, 4.69) is 0 Å². The first-order valence-electron chi connectivity index (χ1n) is 7.06. The van der Waals surface area contributed by atoms with Crippen LogP contribution in [0.3, 0.4) is 0 Å². The first-order chi connectivity index (χ1) is 9.97. The Hall–Kier alpha value is -0.990. The third-order valence-electron chi connectivity index (χ3n) is 3.71. The van der Waals surface area contributed by atoms with Crippen molar-refractivity contribution in [2.75, 3.05) is 6.79 Å². The smallest absolute Gasteiger partial charge is 0.333 e. The molecule has 1 amide bonds. The number of rotatable bonds is 3. The number of hydrogen-bond donors (Lipinski definition) is 1. The van der Waals surface area contributed by atoms with Gasteiger partial charge in [0.2, 0.25) is 12.7 Å². The second kappa shape index (κ2) is 6.49. The standard InChI is InChI=1S/C14H22N2O5S.ClH/c1-13(2,3)12(19)21-6-20-11(18)8-14(4,5)22-10-7(15)9(17)16(8)10;/h7-8,10H,6,15H2,1-5H3;1H/t7-,8+,10-;/m1./s1. The topological polar surface area (TPSA) is 98.9 Å². The summed E-state index contributed by atoms with van der Waals surface area (Å²) in [4.78, 5) is 37.2. The van der Waals surface area contributed by atoms with Gasteiger partial charge in [0.15, 0.2) is 0 Å². The van der Waals surface area contributed by atoms with Crippen molar-refractivity contribution in [1.29, 1.82) is 0 Å². The zero-order chi connectivity index (χ0) is 16.9. The van der Waals surface area contributed by atoms with E-state index < -0.39 is 41.0 Å². The fourth-order valence-electron chi connectivity index (χ4n) is 2.46. The second-order valence-corrected chi connectivity index (χ2v) is 8.82. The molecule has 2 saturated heterocycles. The number of amides is 1. The summed E-state index contributed by atoms with van der Waals surface area (Å²) in [6.45, 7) is 8.40. The highest BCUT2D eigenvalue weighted by molar-refractivity contribution is 8.01. The lowest BCUT2D eigenvalue weighted by molar-refractivity contribution is -0.179. The molecular formula is C14H23ClN2O5S. The molecule has 2 aliphatic rings. The normalized spacial score (nSPS) is 28.3. The van der Waals surface area contributed by atoms with Crippen LogP contribution >= 0.6 is 24.2 Å². The number of fused-ring (bicyclic) bond motifs is 1. The van der Waals surface area contributed by atoms with Crippen molar-refractivity contribution in [1.82, 2.24) is 4.90 Å². The Bertz CT molecular complexity index is 520. The van der Waals surface area contributed by atoms with E-state index in [1.54, 1.807) is 20.8 Å². The molecule has 2 aliphatic heterocycles. The van der Waals surface area contributed by atoms with E-state index in [-0.39, 0.29) is 23.7 Å². The third kappa shape index (κ3) is 3.59. The van der Waals surface area contributed by atoms with Gasteiger partial charge < -0.3 is 20.1 Å². The van der Waals surface area contributed by atoms with Gasteiger partial charge in [0, 0.05) is 4.75 Å². The molecule has 3 atom stereocenters. The quantitative estimate of drug-likeness (QED) is 0.449. The summed E-state index contributed by atoms with van der Waals surface area (Å²) in [7, 11) is 0. The van der Waals surface area contributed by atoms with Crippen molar-refractivity contribution < 1.29 is 23.9 Å². The first kappa shape index (κ1) is 20.1. The van der Waals surface area contributed by atoms with Crippen LogP contribution in [0.5, 0.6) is 0 Å². The largest absolute Gasteiger partial charge is 0.427 e. The lowest BCUT2D eigenvalue weighted by Gasteiger charge is -2.41. The molecule has 0 bridgehead atoms. The van der Waals surface area contributed by atoms with Gasteiger partial charge in [0.05, 0.1) is 5.41 Å². The van der Waals surface area contributed by atoms with E-state index in [0.717, 1.165) is 0 Å². The van der Waals surface area contributed by atoms with Gasteiger partial charge >= 0.3 is 11.9 Å². The number of halogens is 1. The summed E-state index contributed by atoms with van der Waals surface area (Å²) in [6, 6.07) is -1.29. The first-order valence-corrected chi connectivity index (χ1v) is 7.94. The van der Waals surface area contributed by atoms with Crippen molar-refractivity contribution >= 4 is 42.0 Å². The molecule has 0 aliphatic carbocycles. The Morgan fingerprint density at radius 3 is 2.39 bits per heavy atom. The fourth-order valence-corrected chi connectivity index (χ4v) is 4.02. The number of thioether (sulfide) groups is 1. The van der Waals surface area contributed by atoms with Crippen LogP contribution in [0.1, 0.15) is 34.6 Å². The number of nitrogens with zero attached hydrogens (tertiary/aromatic N) is 1. The number of hydrogen-bond acceptors (Lipinski definition) is 7.